The van der Waals surface area contributed by atoms with Gasteiger partial charge >= 0.3 is 0 Å². The van der Waals surface area contributed by atoms with Crippen LogP contribution in [0.25, 0.3) is 11.4 Å². The molecule has 0 bridgehead atoms. The summed E-state index contributed by atoms with van der Waals surface area (Å²) >= 11 is 0. The summed E-state index contributed by atoms with van der Waals surface area (Å²) in [5.41, 5.74) is 5.92. The minimum atomic E-state index is -0.446. The smallest absolute Gasteiger partial charge is 0.240 e. The van der Waals surface area contributed by atoms with Crippen LogP contribution >= 0.6 is 0 Å². The van der Waals surface area contributed by atoms with E-state index in [2.05, 4.69) is 10.1 Å². The fourth-order valence-electron chi connectivity index (χ4n) is 2.16. The maximum absolute atomic E-state index is 14.1. The van der Waals surface area contributed by atoms with E-state index in [-0.39, 0.29) is 18.4 Å². The normalized spacial score (nSPS) is 16.1. The molecule has 0 spiro atoms. The van der Waals surface area contributed by atoms with Crippen molar-refractivity contribution in [2.75, 3.05) is 13.2 Å². The van der Waals surface area contributed by atoms with Gasteiger partial charge in [-0.3, -0.25) is 0 Å². The Morgan fingerprint density at radius 1 is 1.33 bits per heavy atom. The van der Waals surface area contributed by atoms with Gasteiger partial charge in [-0.15, -0.1) is 0 Å². The van der Waals surface area contributed by atoms with Gasteiger partial charge in [-0.2, -0.15) is 4.98 Å². The number of ether oxygens (including phenoxy) is 2. The van der Waals surface area contributed by atoms with Crippen LogP contribution in [-0.2, 0) is 11.3 Å². The lowest BCUT2D eigenvalue weighted by Gasteiger charge is -2.23. The van der Waals surface area contributed by atoms with E-state index in [1.165, 1.54) is 6.07 Å². The first-order valence-electron chi connectivity index (χ1n) is 6.83. The fourth-order valence-corrected chi connectivity index (χ4v) is 2.16. The molecule has 0 amide bonds. The summed E-state index contributed by atoms with van der Waals surface area (Å²) in [4.78, 5) is 4.06. The molecule has 3 rings (SSSR count). The minimum absolute atomic E-state index is 0.00637. The third kappa shape index (κ3) is 3.20. The maximum atomic E-state index is 14.1. The van der Waals surface area contributed by atoms with E-state index in [0.29, 0.717) is 30.5 Å². The van der Waals surface area contributed by atoms with Crippen LogP contribution in [0.15, 0.2) is 22.7 Å². The van der Waals surface area contributed by atoms with E-state index >= 15 is 0 Å². The van der Waals surface area contributed by atoms with Gasteiger partial charge in [0, 0.05) is 18.4 Å². The zero-order valence-corrected chi connectivity index (χ0v) is 11.4. The van der Waals surface area contributed by atoms with Crippen molar-refractivity contribution in [2.24, 2.45) is 5.73 Å². The van der Waals surface area contributed by atoms with Crippen LogP contribution in [0.5, 0.6) is 5.75 Å². The van der Waals surface area contributed by atoms with Crippen molar-refractivity contribution in [3.05, 3.63) is 29.9 Å². The number of benzene rings is 1. The molecule has 1 saturated heterocycles. The molecule has 1 aromatic heterocycles. The van der Waals surface area contributed by atoms with Crippen molar-refractivity contribution in [3.63, 3.8) is 0 Å². The molecule has 2 N–H and O–H groups in total. The van der Waals surface area contributed by atoms with E-state index in [1.807, 2.05) is 0 Å². The molecule has 2 aromatic rings. The first-order valence-corrected chi connectivity index (χ1v) is 6.83. The summed E-state index contributed by atoms with van der Waals surface area (Å²) in [5.74, 6) is 0.409. The molecule has 6 nitrogen and oxygen atoms in total. The standard InChI is InChI=1S/C14H16FN3O3/c15-11-7-9(14-17-13(8-16)21-18-14)1-2-12(11)20-10-3-5-19-6-4-10/h1-2,7,10H,3-6,8,16H2. The highest BCUT2D eigenvalue weighted by Crippen LogP contribution is 2.26. The quantitative estimate of drug-likeness (QED) is 0.926. The average Bonchev–Trinajstić information content (AvgIpc) is 2.99. The van der Waals surface area contributed by atoms with Gasteiger partial charge in [0.1, 0.15) is 6.10 Å². The largest absolute Gasteiger partial charge is 0.487 e. The molecule has 1 aliphatic rings. The molecule has 112 valence electrons. The van der Waals surface area contributed by atoms with E-state index in [4.69, 9.17) is 19.7 Å². The second kappa shape index (κ2) is 6.19. The van der Waals surface area contributed by atoms with Gasteiger partial charge in [0.05, 0.1) is 19.8 Å². The lowest BCUT2D eigenvalue weighted by molar-refractivity contribution is 0.0240. The first kappa shape index (κ1) is 14.0. The Bertz CT molecular complexity index is 611. The van der Waals surface area contributed by atoms with Crippen LogP contribution in [0, 0.1) is 5.82 Å². The number of halogens is 1. The van der Waals surface area contributed by atoms with Crippen molar-refractivity contribution < 1.29 is 18.4 Å². The Balaban J connectivity index is 1.75. The van der Waals surface area contributed by atoms with Gasteiger partial charge in [0.2, 0.25) is 11.7 Å². The van der Waals surface area contributed by atoms with E-state index in [0.717, 1.165) is 12.8 Å². The average molecular weight is 293 g/mol. The van der Waals surface area contributed by atoms with E-state index < -0.39 is 5.82 Å². The Labute approximate surface area is 121 Å². The third-order valence-electron chi connectivity index (χ3n) is 3.29. The SMILES string of the molecule is NCc1nc(-c2ccc(OC3CCOCC3)c(F)c2)no1. The predicted octanol–water partition coefficient (Wildman–Crippen LogP) is 1.89. The predicted molar refractivity (Wildman–Crippen MR) is 72.1 cm³/mol. The highest BCUT2D eigenvalue weighted by Gasteiger charge is 2.18. The number of nitrogens with zero attached hydrogens (tertiary/aromatic N) is 2. The van der Waals surface area contributed by atoms with Crippen molar-refractivity contribution in [1.29, 1.82) is 0 Å². The maximum Gasteiger partial charge on any atom is 0.240 e. The lowest BCUT2D eigenvalue weighted by Crippen LogP contribution is -2.26. The molecule has 0 aliphatic carbocycles. The van der Waals surface area contributed by atoms with Gasteiger partial charge in [-0.05, 0) is 18.2 Å². The lowest BCUT2D eigenvalue weighted by atomic mass is 10.1. The van der Waals surface area contributed by atoms with Crippen LogP contribution in [0.4, 0.5) is 4.39 Å². The second-order valence-electron chi connectivity index (χ2n) is 4.79. The molecular formula is C14H16FN3O3. The van der Waals surface area contributed by atoms with Crippen molar-refractivity contribution in [3.8, 4) is 17.1 Å². The van der Waals surface area contributed by atoms with E-state index in [9.17, 15) is 4.39 Å². The van der Waals surface area contributed by atoms with Gasteiger partial charge in [0.15, 0.2) is 11.6 Å². The zero-order valence-electron chi connectivity index (χ0n) is 11.4. The summed E-state index contributed by atoms with van der Waals surface area (Å²) in [6, 6.07) is 4.61. The zero-order chi connectivity index (χ0) is 14.7. The Morgan fingerprint density at radius 3 is 2.81 bits per heavy atom. The highest BCUT2D eigenvalue weighted by atomic mass is 19.1. The third-order valence-corrected chi connectivity index (χ3v) is 3.29. The molecule has 0 radical (unpaired) electrons. The number of aromatic nitrogens is 2. The van der Waals surface area contributed by atoms with Crippen LogP contribution in [0.1, 0.15) is 18.7 Å². The Kier molecular flexibility index (Phi) is 4.12. The molecule has 2 heterocycles. The van der Waals surface area contributed by atoms with Crippen LogP contribution in [-0.4, -0.2) is 29.5 Å². The van der Waals surface area contributed by atoms with Gasteiger partial charge < -0.3 is 19.7 Å². The molecule has 1 aromatic carbocycles. The van der Waals surface area contributed by atoms with Gasteiger partial charge in [-0.25, -0.2) is 4.39 Å². The Hall–Kier alpha value is -1.99. The minimum Gasteiger partial charge on any atom is -0.487 e. The monoisotopic (exact) mass is 293 g/mol. The summed E-state index contributed by atoms with van der Waals surface area (Å²) < 4.78 is 29.9. The van der Waals surface area contributed by atoms with Crippen molar-refractivity contribution in [2.45, 2.75) is 25.5 Å². The summed E-state index contributed by atoms with van der Waals surface area (Å²) in [5, 5.41) is 3.75. The summed E-state index contributed by atoms with van der Waals surface area (Å²) in [6.45, 7) is 1.45. The molecular weight excluding hydrogens is 277 g/mol. The number of hydrogen-bond donors (Lipinski definition) is 1. The number of nitrogens with two attached hydrogens (primary N) is 1. The molecule has 0 atom stereocenters. The molecule has 0 saturated carbocycles. The summed E-state index contributed by atoms with van der Waals surface area (Å²) in [7, 11) is 0. The Morgan fingerprint density at radius 2 is 2.14 bits per heavy atom. The van der Waals surface area contributed by atoms with Crippen LogP contribution in [0.2, 0.25) is 0 Å². The molecule has 1 fully saturated rings. The number of hydrogen-bond acceptors (Lipinski definition) is 6. The number of rotatable bonds is 4. The highest BCUT2D eigenvalue weighted by molar-refractivity contribution is 5.56. The van der Waals surface area contributed by atoms with Crippen molar-refractivity contribution in [1.82, 2.24) is 10.1 Å². The molecule has 0 unspecified atom stereocenters. The topological polar surface area (TPSA) is 83.4 Å². The second-order valence-corrected chi connectivity index (χ2v) is 4.79. The van der Waals surface area contributed by atoms with Gasteiger partial charge in [-0.1, -0.05) is 5.16 Å². The molecule has 1 aliphatic heterocycles. The fraction of sp³-hybridized carbons (Fsp3) is 0.429. The summed E-state index contributed by atoms with van der Waals surface area (Å²) in [6.07, 6.45) is 1.53. The molecule has 7 heteroatoms. The van der Waals surface area contributed by atoms with E-state index in [1.54, 1.807) is 12.1 Å². The first-order chi connectivity index (χ1) is 10.3. The van der Waals surface area contributed by atoms with Crippen molar-refractivity contribution >= 4 is 0 Å². The molecule has 21 heavy (non-hydrogen) atoms. The van der Waals surface area contributed by atoms with Crippen LogP contribution in [0.3, 0.4) is 0 Å². The van der Waals surface area contributed by atoms with Gasteiger partial charge in [0.25, 0.3) is 0 Å². The van der Waals surface area contributed by atoms with Crippen LogP contribution < -0.4 is 10.5 Å².